The largest absolute Gasteiger partial charge is 0.334 e. The first-order valence-electron chi connectivity index (χ1n) is 8.31. The molecule has 1 aliphatic heterocycles. The van der Waals surface area contributed by atoms with Crippen LogP contribution in [0, 0.1) is 10.1 Å². The number of amides is 1. The van der Waals surface area contributed by atoms with Crippen molar-refractivity contribution in [2.75, 3.05) is 31.1 Å². The van der Waals surface area contributed by atoms with Crippen molar-refractivity contribution >= 4 is 17.4 Å². The van der Waals surface area contributed by atoms with E-state index in [4.69, 9.17) is 0 Å². The molecule has 1 aromatic carbocycles. The molecule has 1 amide bonds. The molecule has 0 saturated carbocycles. The Bertz CT molecular complexity index is 741. The lowest BCUT2D eigenvalue weighted by molar-refractivity contribution is -0.384. The molecular weight excluding hydrogens is 320 g/mol. The van der Waals surface area contributed by atoms with Crippen molar-refractivity contribution in [2.24, 2.45) is 0 Å². The van der Waals surface area contributed by atoms with E-state index in [0.29, 0.717) is 13.1 Å². The molecule has 3 rings (SSSR count). The SMILES string of the molecule is C[C@@H](C(=O)N1CCN(c2cccc[nH+]2)CC1)c1ccc([N+](=O)[O-])cc1. The topological polar surface area (TPSA) is 80.8 Å². The molecule has 130 valence electrons. The van der Waals surface area contributed by atoms with Gasteiger partial charge in [-0.15, -0.1) is 0 Å². The van der Waals surface area contributed by atoms with Crippen LogP contribution in [0.2, 0.25) is 0 Å². The highest BCUT2D eigenvalue weighted by Crippen LogP contribution is 2.22. The summed E-state index contributed by atoms with van der Waals surface area (Å²) in [6, 6.07) is 12.2. The summed E-state index contributed by atoms with van der Waals surface area (Å²) in [5, 5.41) is 10.7. The van der Waals surface area contributed by atoms with E-state index in [0.717, 1.165) is 24.5 Å². The second kappa shape index (κ2) is 7.29. The highest BCUT2D eigenvalue weighted by Gasteiger charge is 2.29. The third-order valence-corrected chi connectivity index (χ3v) is 4.60. The maximum absolute atomic E-state index is 12.7. The third kappa shape index (κ3) is 3.76. The summed E-state index contributed by atoms with van der Waals surface area (Å²) in [6.45, 7) is 4.73. The van der Waals surface area contributed by atoms with Gasteiger partial charge >= 0.3 is 0 Å². The second-order valence-electron chi connectivity index (χ2n) is 6.13. The fourth-order valence-corrected chi connectivity index (χ4v) is 3.05. The van der Waals surface area contributed by atoms with Gasteiger partial charge < -0.3 is 4.90 Å². The summed E-state index contributed by atoms with van der Waals surface area (Å²) in [7, 11) is 0. The van der Waals surface area contributed by atoms with Crippen molar-refractivity contribution in [3.05, 3.63) is 64.3 Å². The molecule has 1 fully saturated rings. The average Bonchev–Trinajstić information content (AvgIpc) is 2.67. The van der Waals surface area contributed by atoms with E-state index in [1.807, 2.05) is 36.2 Å². The molecule has 2 heterocycles. The number of carbonyl (C=O) groups is 1. The number of nitrogens with one attached hydrogen (secondary N) is 1. The van der Waals surface area contributed by atoms with Gasteiger partial charge in [-0.25, -0.2) is 4.98 Å². The van der Waals surface area contributed by atoms with E-state index in [1.54, 1.807) is 12.1 Å². The Morgan fingerprint density at radius 3 is 2.36 bits per heavy atom. The molecule has 2 aromatic rings. The predicted molar refractivity (Wildman–Crippen MR) is 93.3 cm³/mol. The summed E-state index contributed by atoms with van der Waals surface area (Å²) in [5.41, 5.74) is 0.838. The average molecular weight is 341 g/mol. The number of carbonyl (C=O) groups excluding carboxylic acids is 1. The van der Waals surface area contributed by atoms with Gasteiger partial charge in [-0.1, -0.05) is 18.2 Å². The summed E-state index contributed by atoms with van der Waals surface area (Å²) in [5.74, 6) is 0.805. The fourth-order valence-electron chi connectivity index (χ4n) is 3.05. The fraction of sp³-hybridized carbons (Fsp3) is 0.333. The molecule has 1 saturated heterocycles. The van der Waals surface area contributed by atoms with Crippen LogP contribution in [-0.4, -0.2) is 41.9 Å². The van der Waals surface area contributed by atoms with E-state index in [1.165, 1.54) is 12.1 Å². The van der Waals surface area contributed by atoms with Crippen molar-refractivity contribution in [1.29, 1.82) is 0 Å². The van der Waals surface area contributed by atoms with E-state index in [-0.39, 0.29) is 17.5 Å². The van der Waals surface area contributed by atoms with Gasteiger partial charge in [-0.2, -0.15) is 0 Å². The summed E-state index contributed by atoms with van der Waals surface area (Å²) in [6.07, 6.45) is 1.89. The number of hydrogen-bond donors (Lipinski definition) is 0. The molecular formula is C18H21N4O3+. The number of aromatic nitrogens is 1. The highest BCUT2D eigenvalue weighted by molar-refractivity contribution is 5.83. The van der Waals surface area contributed by atoms with Gasteiger partial charge in [0.25, 0.3) is 11.5 Å². The first kappa shape index (κ1) is 16.9. The van der Waals surface area contributed by atoms with Crippen molar-refractivity contribution in [2.45, 2.75) is 12.8 Å². The Balaban J connectivity index is 1.61. The Morgan fingerprint density at radius 2 is 1.80 bits per heavy atom. The maximum atomic E-state index is 12.7. The number of nitro benzene ring substituents is 1. The predicted octanol–water partition coefficient (Wildman–Crippen LogP) is 1.86. The minimum absolute atomic E-state index is 0.0381. The number of nitrogens with zero attached hydrogens (tertiary/aromatic N) is 3. The lowest BCUT2D eigenvalue weighted by Gasteiger charge is -2.32. The first-order valence-corrected chi connectivity index (χ1v) is 8.31. The standard InChI is InChI=1S/C18H20N4O3/c1-14(15-5-7-16(8-6-15)22(24)25)18(23)21-12-10-20(11-13-21)17-4-2-3-9-19-17/h2-9,14H,10-13H2,1H3/p+1/t14-/m1/s1. The van der Waals surface area contributed by atoms with Crippen LogP contribution in [0.3, 0.4) is 0 Å². The highest BCUT2D eigenvalue weighted by atomic mass is 16.6. The van der Waals surface area contributed by atoms with Crippen molar-refractivity contribution in [1.82, 2.24) is 4.90 Å². The molecule has 25 heavy (non-hydrogen) atoms. The van der Waals surface area contributed by atoms with E-state index >= 15 is 0 Å². The van der Waals surface area contributed by atoms with Crippen molar-refractivity contribution in [3.8, 4) is 0 Å². The van der Waals surface area contributed by atoms with Gasteiger partial charge in [-0.3, -0.25) is 19.8 Å². The van der Waals surface area contributed by atoms with E-state index in [2.05, 4.69) is 9.88 Å². The van der Waals surface area contributed by atoms with Crippen LogP contribution >= 0.6 is 0 Å². The number of nitro groups is 1. The minimum Gasteiger partial charge on any atom is -0.334 e. The molecule has 0 unspecified atom stereocenters. The number of non-ortho nitro benzene ring substituents is 1. The molecule has 0 bridgehead atoms. The Morgan fingerprint density at radius 1 is 1.12 bits per heavy atom. The van der Waals surface area contributed by atoms with Crippen molar-refractivity contribution < 1.29 is 14.7 Å². The summed E-state index contributed by atoms with van der Waals surface area (Å²) >= 11 is 0. The van der Waals surface area contributed by atoms with Crippen molar-refractivity contribution in [3.63, 3.8) is 0 Å². The van der Waals surface area contributed by atoms with Crippen LogP contribution in [-0.2, 0) is 4.79 Å². The zero-order valence-corrected chi connectivity index (χ0v) is 14.1. The molecule has 0 spiro atoms. The number of anilines is 1. The normalized spacial score (nSPS) is 15.7. The number of piperazine rings is 1. The molecule has 0 aliphatic carbocycles. The van der Waals surface area contributed by atoms with Crippen LogP contribution in [0.25, 0.3) is 0 Å². The van der Waals surface area contributed by atoms with E-state index < -0.39 is 4.92 Å². The number of rotatable bonds is 4. The molecule has 1 aromatic heterocycles. The first-order chi connectivity index (χ1) is 12.1. The Hall–Kier alpha value is -2.96. The van der Waals surface area contributed by atoms with Gasteiger partial charge in [0, 0.05) is 18.2 Å². The molecule has 1 N–H and O–H groups in total. The zero-order chi connectivity index (χ0) is 17.8. The van der Waals surface area contributed by atoms with Crippen LogP contribution in [0.4, 0.5) is 11.5 Å². The number of benzene rings is 1. The lowest BCUT2D eigenvalue weighted by atomic mass is 9.99. The number of H-pyrrole nitrogens is 1. The number of aromatic amines is 1. The Labute approximate surface area is 146 Å². The third-order valence-electron chi connectivity index (χ3n) is 4.60. The number of pyridine rings is 1. The monoisotopic (exact) mass is 341 g/mol. The lowest BCUT2D eigenvalue weighted by Crippen LogP contribution is -2.50. The van der Waals surface area contributed by atoms with Crippen LogP contribution < -0.4 is 9.88 Å². The molecule has 7 heteroatoms. The smallest absolute Gasteiger partial charge is 0.274 e. The molecule has 1 atom stereocenters. The van der Waals surface area contributed by atoms with Gasteiger partial charge in [0.1, 0.15) is 13.1 Å². The van der Waals surface area contributed by atoms with Crippen LogP contribution in [0.5, 0.6) is 0 Å². The van der Waals surface area contributed by atoms with Gasteiger partial charge in [0.05, 0.1) is 30.1 Å². The van der Waals surface area contributed by atoms with Crippen LogP contribution in [0.1, 0.15) is 18.4 Å². The molecule has 7 nitrogen and oxygen atoms in total. The maximum Gasteiger partial charge on any atom is 0.274 e. The summed E-state index contributed by atoms with van der Waals surface area (Å²) < 4.78 is 0. The van der Waals surface area contributed by atoms with Gasteiger partial charge in [0.15, 0.2) is 0 Å². The summed E-state index contributed by atoms with van der Waals surface area (Å²) in [4.78, 5) is 30.3. The van der Waals surface area contributed by atoms with Gasteiger partial charge in [-0.05, 0) is 18.6 Å². The van der Waals surface area contributed by atoms with Gasteiger partial charge in [0.2, 0.25) is 5.91 Å². The minimum atomic E-state index is -0.434. The zero-order valence-electron chi connectivity index (χ0n) is 14.1. The molecule has 1 aliphatic rings. The number of hydrogen-bond acceptors (Lipinski definition) is 4. The molecule has 0 radical (unpaired) electrons. The quantitative estimate of drug-likeness (QED) is 0.628. The van der Waals surface area contributed by atoms with E-state index in [9.17, 15) is 14.9 Å². The second-order valence-corrected chi connectivity index (χ2v) is 6.13. The van der Waals surface area contributed by atoms with Crippen LogP contribution in [0.15, 0.2) is 48.7 Å². The Kier molecular flexibility index (Phi) is 4.92.